The largest absolute Gasteiger partial charge is 0.454 e. The van der Waals surface area contributed by atoms with Gasteiger partial charge in [-0.15, -0.1) is 0 Å². The van der Waals surface area contributed by atoms with Gasteiger partial charge in [-0.3, -0.25) is 0 Å². The zero-order valence-electron chi connectivity index (χ0n) is 11.0. The molecular formula is C15H20O3. The van der Waals surface area contributed by atoms with Gasteiger partial charge in [0.25, 0.3) is 0 Å². The molecule has 3 rings (SSSR count). The van der Waals surface area contributed by atoms with E-state index in [1.54, 1.807) is 0 Å². The van der Waals surface area contributed by atoms with Crippen LogP contribution in [0.25, 0.3) is 0 Å². The van der Waals surface area contributed by atoms with Crippen molar-refractivity contribution in [1.82, 2.24) is 0 Å². The van der Waals surface area contributed by atoms with Crippen LogP contribution in [0.2, 0.25) is 0 Å². The highest BCUT2D eigenvalue weighted by Crippen LogP contribution is 2.51. The van der Waals surface area contributed by atoms with Crippen LogP contribution in [0.5, 0.6) is 0 Å². The van der Waals surface area contributed by atoms with Crippen molar-refractivity contribution in [2.45, 2.75) is 44.8 Å². The summed E-state index contributed by atoms with van der Waals surface area (Å²) in [4.78, 5) is 11.6. The maximum Gasteiger partial charge on any atom is 0.334 e. The summed E-state index contributed by atoms with van der Waals surface area (Å²) in [6.45, 7) is 7.88. The third kappa shape index (κ3) is 1.57. The molecule has 0 aromatic carbocycles. The van der Waals surface area contributed by atoms with Crippen LogP contribution in [0, 0.1) is 17.8 Å². The van der Waals surface area contributed by atoms with E-state index in [1.165, 1.54) is 5.57 Å². The second-order valence-electron chi connectivity index (χ2n) is 6.26. The summed E-state index contributed by atoms with van der Waals surface area (Å²) in [5.74, 6) is 0.421. The number of carbonyl (C=O) groups excluding carboxylic acids is 1. The Morgan fingerprint density at radius 3 is 2.94 bits per heavy atom. The van der Waals surface area contributed by atoms with Gasteiger partial charge in [-0.25, -0.2) is 4.79 Å². The number of aliphatic hydroxyl groups is 1. The van der Waals surface area contributed by atoms with Gasteiger partial charge >= 0.3 is 5.97 Å². The quantitative estimate of drug-likeness (QED) is 0.406. The molecule has 0 spiro atoms. The second-order valence-corrected chi connectivity index (χ2v) is 6.26. The van der Waals surface area contributed by atoms with Gasteiger partial charge in [0.1, 0.15) is 6.10 Å². The Morgan fingerprint density at radius 1 is 1.50 bits per heavy atom. The Kier molecular flexibility index (Phi) is 2.46. The minimum atomic E-state index is -0.624. The fourth-order valence-electron chi connectivity index (χ4n) is 3.94. The summed E-state index contributed by atoms with van der Waals surface area (Å²) in [6, 6.07) is 0. The summed E-state index contributed by atoms with van der Waals surface area (Å²) in [5.41, 5.74) is 1.21. The van der Waals surface area contributed by atoms with Gasteiger partial charge in [-0.05, 0) is 51.0 Å². The van der Waals surface area contributed by atoms with E-state index in [2.05, 4.69) is 19.6 Å². The van der Waals surface area contributed by atoms with Crippen molar-refractivity contribution < 1.29 is 14.6 Å². The molecule has 0 radical (unpaired) electrons. The molecule has 1 saturated heterocycles. The molecule has 0 amide bonds. The van der Waals surface area contributed by atoms with Crippen molar-refractivity contribution in [3.05, 3.63) is 23.8 Å². The van der Waals surface area contributed by atoms with E-state index < -0.39 is 5.60 Å². The Balaban J connectivity index is 1.99. The lowest BCUT2D eigenvalue weighted by Crippen LogP contribution is -2.33. The first-order chi connectivity index (χ1) is 8.40. The summed E-state index contributed by atoms with van der Waals surface area (Å²) in [5, 5.41) is 10.5. The van der Waals surface area contributed by atoms with Crippen LogP contribution in [0.1, 0.15) is 33.1 Å². The van der Waals surface area contributed by atoms with Gasteiger partial charge in [-0.1, -0.05) is 12.2 Å². The average molecular weight is 248 g/mol. The molecular weight excluding hydrogens is 228 g/mol. The van der Waals surface area contributed by atoms with Gasteiger partial charge in [-0.2, -0.15) is 0 Å². The van der Waals surface area contributed by atoms with Crippen LogP contribution in [0.15, 0.2) is 23.8 Å². The average Bonchev–Trinajstić information content (AvgIpc) is 2.65. The summed E-state index contributed by atoms with van der Waals surface area (Å²) in [7, 11) is 0. The lowest BCUT2D eigenvalue weighted by atomic mass is 9.78. The molecule has 18 heavy (non-hydrogen) atoms. The molecule has 1 N–H and O–H groups in total. The highest BCUT2D eigenvalue weighted by atomic mass is 16.5. The van der Waals surface area contributed by atoms with Crippen molar-refractivity contribution >= 4 is 5.97 Å². The minimum absolute atomic E-state index is 0.0482. The van der Waals surface area contributed by atoms with E-state index in [0.29, 0.717) is 11.5 Å². The molecule has 1 saturated carbocycles. The van der Waals surface area contributed by atoms with Crippen LogP contribution < -0.4 is 0 Å². The number of ether oxygens (including phenoxy) is 1. The molecule has 1 heterocycles. The van der Waals surface area contributed by atoms with E-state index in [1.807, 2.05) is 6.92 Å². The highest BCUT2D eigenvalue weighted by Gasteiger charge is 2.50. The molecule has 5 atom stereocenters. The third-order valence-corrected chi connectivity index (χ3v) is 5.12. The van der Waals surface area contributed by atoms with E-state index in [-0.39, 0.29) is 23.9 Å². The van der Waals surface area contributed by atoms with Crippen LogP contribution in [-0.4, -0.2) is 22.8 Å². The number of rotatable bonds is 0. The SMILES string of the molecule is C=C1C(=O)OC2C=C(C)C3CCC(C)(O)C3CC12. The number of carbonyl (C=O) groups is 1. The lowest BCUT2D eigenvalue weighted by molar-refractivity contribution is -0.137. The fraction of sp³-hybridized carbons (Fsp3) is 0.667. The minimum Gasteiger partial charge on any atom is -0.454 e. The van der Waals surface area contributed by atoms with Gasteiger partial charge in [0.15, 0.2) is 0 Å². The third-order valence-electron chi connectivity index (χ3n) is 5.12. The Hall–Kier alpha value is -1.09. The number of fused-ring (bicyclic) bond motifs is 2. The molecule has 0 aromatic rings. The van der Waals surface area contributed by atoms with Crippen LogP contribution >= 0.6 is 0 Å². The Morgan fingerprint density at radius 2 is 2.22 bits per heavy atom. The van der Waals surface area contributed by atoms with E-state index >= 15 is 0 Å². The maximum absolute atomic E-state index is 11.6. The monoisotopic (exact) mass is 248 g/mol. The first-order valence-electron chi connectivity index (χ1n) is 6.70. The first-order valence-corrected chi connectivity index (χ1v) is 6.70. The Labute approximate surface area is 108 Å². The second kappa shape index (κ2) is 3.70. The maximum atomic E-state index is 11.6. The van der Waals surface area contributed by atoms with Crippen molar-refractivity contribution in [1.29, 1.82) is 0 Å². The Bertz CT molecular complexity index is 447. The van der Waals surface area contributed by atoms with Crippen LogP contribution in [0.4, 0.5) is 0 Å². The molecule has 2 fully saturated rings. The summed E-state index contributed by atoms with van der Waals surface area (Å²) >= 11 is 0. The molecule has 98 valence electrons. The predicted molar refractivity (Wildman–Crippen MR) is 67.7 cm³/mol. The lowest BCUT2D eigenvalue weighted by Gasteiger charge is -2.30. The summed E-state index contributed by atoms with van der Waals surface area (Å²) in [6.07, 6.45) is 4.59. The molecule has 3 heteroatoms. The number of hydrogen-bond donors (Lipinski definition) is 1. The van der Waals surface area contributed by atoms with E-state index in [9.17, 15) is 9.90 Å². The zero-order valence-corrected chi connectivity index (χ0v) is 11.0. The molecule has 5 unspecified atom stereocenters. The molecule has 0 aromatic heterocycles. The van der Waals surface area contributed by atoms with Crippen molar-refractivity contribution in [3.8, 4) is 0 Å². The summed E-state index contributed by atoms with van der Waals surface area (Å²) < 4.78 is 5.36. The first kappa shape index (κ1) is 12.0. The smallest absolute Gasteiger partial charge is 0.334 e. The number of hydrogen-bond acceptors (Lipinski definition) is 3. The van der Waals surface area contributed by atoms with E-state index in [4.69, 9.17) is 4.74 Å². The van der Waals surface area contributed by atoms with Crippen LogP contribution in [0.3, 0.4) is 0 Å². The molecule has 0 bridgehead atoms. The van der Waals surface area contributed by atoms with Gasteiger partial charge in [0.05, 0.1) is 5.60 Å². The standard InChI is InChI=1S/C15H20O3/c1-8-6-13-11(9(2)14(16)18-13)7-12-10(8)4-5-15(12,3)17/h6,10-13,17H,2,4-5,7H2,1,3H3. The van der Waals surface area contributed by atoms with Crippen molar-refractivity contribution in [2.75, 3.05) is 0 Å². The normalized spacial score (nSPS) is 47.2. The van der Waals surface area contributed by atoms with Crippen LogP contribution in [-0.2, 0) is 9.53 Å². The van der Waals surface area contributed by atoms with E-state index in [0.717, 1.165) is 19.3 Å². The van der Waals surface area contributed by atoms with Gasteiger partial charge < -0.3 is 9.84 Å². The predicted octanol–water partition coefficient (Wildman–Crippen LogP) is 2.21. The van der Waals surface area contributed by atoms with Crippen molar-refractivity contribution in [3.63, 3.8) is 0 Å². The molecule has 3 nitrogen and oxygen atoms in total. The topological polar surface area (TPSA) is 46.5 Å². The number of allylic oxidation sites excluding steroid dienone is 1. The molecule has 3 aliphatic rings. The molecule has 2 aliphatic carbocycles. The highest BCUT2D eigenvalue weighted by molar-refractivity contribution is 5.91. The zero-order chi connectivity index (χ0) is 13.1. The fourth-order valence-corrected chi connectivity index (χ4v) is 3.94. The molecule has 1 aliphatic heterocycles. The number of esters is 1. The van der Waals surface area contributed by atoms with Gasteiger partial charge in [0.2, 0.25) is 0 Å². The van der Waals surface area contributed by atoms with Crippen molar-refractivity contribution in [2.24, 2.45) is 17.8 Å². The van der Waals surface area contributed by atoms with Gasteiger partial charge in [0, 0.05) is 11.5 Å².